The molecule has 154 valence electrons. The lowest BCUT2D eigenvalue weighted by molar-refractivity contribution is 0.396. The quantitative estimate of drug-likeness (QED) is 0.515. The minimum atomic E-state index is 0.188. The minimum Gasteiger partial charge on any atom is -0.343 e. The molecule has 0 saturated heterocycles. The molecule has 0 spiro atoms. The molecule has 0 aliphatic carbocycles. The third-order valence-corrected chi connectivity index (χ3v) is 6.51. The summed E-state index contributed by atoms with van der Waals surface area (Å²) in [7, 11) is 0. The summed E-state index contributed by atoms with van der Waals surface area (Å²) in [6, 6.07) is 29.3. The summed E-state index contributed by atoms with van der Waals surface area (Å²) in [5.41, 5.74) is 9.11. The maximum atomic E-state index is 9.10. The van der Waals surface area contributed by atoms with Gasteiger partial charge in [0, 0.05) is 17.6 Å². The maximum absolute atomic E-state index is 9.10. The third-order valence-electron chi connectivity index (χ3n) is 6.51. The summed E-state index contributed by atoms with van der Waals surface area (Å²) in [5, 5.41) is 9.10. The average Bonchev–Trinajstić information content (AvgIpc) is 3.19. The van der Waals surface area contributed by atoms with E-state index in [2.05, 4.69) is 101 Å². The molecule has 6 rings (SSSR count). The van der Waals surface area contributed by atoms with Crippen LogP contribution in [0.5, 0.6) is 0 Å². The Morgan fingerprint density at radius 2 is 1.53 bits per heavy atom. The van der Waals surface area contributed by atoms with E-state index in [9.17, 15) is 0 Å². The van der Waals surface area contributed by atoms with E-state index in [0.29, 0.717) is 5.56 Å². The fourth-order valence-electron chi connectivity index (χ4n) is 4.99. The van der Waals surface area contributed by atoms with Crippen molar-refractivity contribution in [3.8, 4) is 6.07 Å². The number of para-hydroxylation sites is 3. The largest absolute Gasteiger partial charge is 0.343 e. The van der Waals surface area contributed by atoms with Crippen molar-refractivity contribution >= 4 is 22.6 Å². The summed E-state index contributed by atoms with van der Waals surface area (Å²) in [4.78, 5) is 7.27. The number of hydrogen-bond donors (Lipinski definition) is 0. The van der Waals surface area contributed by atoms with Gasteiger partial charge in [-0.25, -0.2) is 0 Å². The van der Waals surface area contributed by atoms with Crippen LogP contribution in [0, 0.1) is 11.3 Å². The number of benzene rings is 3. The molecule has 1 atom stereocenters. The summed E-state index contributed by atoms with van der Waals surface area (Å²) >= 11 is 0. The van der Waals surface area contributed by atoms with Crippen LogP contribution in [-0.2, 0) is 0 Å². The minimum absolute atomic E-state index is 0.188. The van der Waals surface area contributed by atoms with E-state index in [1.165, 1.54) is 28.5 Å². The van der Waals surface area contributed by atoms with Gasteiger partial charge in [0.05, 0.1) is 35.2 Å². The Labute approximate surface area is 188 Å². The van der Waals surface area contributed by atoms with Crippen molar-refractivity contribution in [1.82, 2.24) is 4.90 Å². The zero-order valence-electron chi connectivity index (χ0n) is 17.8. The van der Waals surface area contributed by atoms with Gasteiger partial charge in [0.25, 0.3) is 0 Å². The van der Waals surface area contributed by atoms with E-state index in [0.717, 1.165) is 17.7 Å². The Balaban J connectivity index is 1.45. The first-order chi connectivity index (χ1) is 15.7. The fraction of sp³-hybridized carbons (Fsp3) is 0.107. The highest BCUT2D eigenvalue weighted by atomic mass is 15.5. The number of nitrogens with zero attached hydrogens (tertiary/aromatic N) is 4. The summed E-state index contributed by atoms with van der Waals surface area (Å²) in [6.45, 7) is 3.08. The summed E-state index contributed by atoms with van der Waals surface area (Å²) in [6.07, 6.45) is 6.81. The Bertz CT molecular complexity index is 1330. The van der Waals surface area contributed by atoms with Crippen molar-refractivity contribution in [3.05, 3.63) is 120 Å². The van der Waals surface area contributed by atoms with Gasteiger partial charge in [-0.1, -0.05) is 42.5 Å². The molecule has 32 heavy (non-hydrogen) atoms. The van der Waals surface area contributed by atoms with Crippen LogP contribution in [0.15, 0.2) is 109 Å². The Hall–Kier alpha value is -4.23. The summed E-state index contributed by atoms with van der Waals surface area (Å²) < 4.78 is 0. The SMILES string of the molecule is CC1=C2C=C(c3ccc(C#N)cc3)C=CN2C[C@@H]2N1c1ccccc1N2c1ccccc1. The van der Waals surface area contributed by atoms with Crippen LogP contribution in [0.25, 0.3) is 5.57 Å². The Kier molecular flexibility index (Phi) is 4.16. The van der Waals surface area contributed by atoms with E-state index < -0.39 is 0 Å². The normalized spacial score (nSPS) is 18.7. The van der Waals surface area contributed by atoms with E-state index in [-0.39, 0.29) is 6.17 Å². The second-order valence-electron chi connectivity index (χ2n) is 8.27. The van der Waals surface area contributed by atoms with Crippen molar-refractivity contribution in [2.75, 3.05) is 16.3 Å². The van der Waals surface area contributed by atoms with Crippen molar-refractivity contribution in [2.45, 2.75) is 13.1 Å². The second-order valence-corrected chi connectivity index (χ2v) is 8.27. The van der Waals surface area contributed by atoms with Gasteiger partial charge in [0.15, 0.2) is 0 Å². The first-order valence-corrected chi connectivity index (χ1v) is 10.8. The van der Waals surface area contributed by atoms with Gasteiger partial charge in [-0.15, -0.1) is 0 Å². The van der Waals surface area contributed by atoms with Crippen molar-refractivity contribution < 1.29 is 0 Å². The molecule has 3 aromatic rings. The molecule has 0 aromatic heterocycles. The van der Waals surface area contributed by atoms with Crippen LogP contribution in [0.4, 0.5) is 17.1 Å². The van der Waals surface area contributed by atoms with Crippen LogP contribution in [0.3, 0.4) is 0 Å². The average molecular weight is 415 g/mol. The van der Waals surface area contributed by atoms with Crippen LogP contribution in [0.1, 0.15) is 18.1 Å². The highest BCUT2D eigenvalue weighted by Gasteiger charge is 2.42. The van der Waals surface area contributed by atoms with Gasteiger partial charge < -0.3 is 14.7 Å². The molecular weight excluding hydrogens is 392 g/mol. The Morgan fingerprint density at radius 1 is 0.844 bits per heavy atom. The lowest BCUT2D eigenvalue weighted by Crippen LogP contribution is -2.51. The van der Waals surface area contributed by atoms with E-state index >= 15 is 0 Å². The first kappa shape index (κ1) is 18.5. The molecule has 4 nitrogen and oxygen atoms in total. The fourth-order valence-corrected chi connectivity index (χ4v) is 4.99. The lowest BCUT2D eigenvalue weighted by atomic mass is 9.99. The van der Waals surface area contributed by atoms with Crippen LogP contribution < -0.4 is 9.80 Å². The van der Waals surface area contributed by atoms with E-state index in [1.807, 2.05) is 24.3 Å². The number of fused-ring (bicyclic) bond motifs is 4. The maximum Gasteiger partial charge on any atom is 0.129 e. The molecule has 0 radical (unpaired) electrons. The second kappa shape index (κ2) is 7.18. The highest BCUT2D eigenvalue weighted by Crippen LogP contribution is 2.48. The predicted molar refractivity (Wildman–Crippen MR) is 129 cm³/mol. The molecule has 3 aliphatic rings. The number of hydrogen-bond acceptors (Lipinski definition) is 4. The molecule has 0 saturated carbocycles. The monoisotopic (exact) mass is 414 g/mol. The molecule has 3 aromatic carbocycles. The molecular formula is C28H22N4. The highest BCUT2D eigenvalue weighted by molar-refractivity contribution is 5.87. The number of allylic oxidation sites excluding steroid dienone is 4. The van der Waals surface area contributed by atoms with Crippen LogP contribution >= 0.6 is 0 Å². The first-order valence-electron chi connectivity index (χ1n) is 10.8. The van der Waals surface area contributed by atoms with Crippen LogP contribution in [-0.4, -0.2) is 17.6 Å². The number of nitriles is 1. The lowest BCUT2D eigenvalue weighted by Gasteiger charge is -2.43. The van der Waals surface area contributed by atoms with Gasteiger partial charge in [-0.2, -0.15) is 5.26 Å². The zero-order chi connectivity index (χ0) is 21.7. The molecule has 0 amide bonds. The number of rotatable bonds is 2. The van der Waals surface area contributed by atoms with E-state index in [1.54, 1.807) is 0 Å². The smallest absolute Gasteiger partial charge is 0.129 e. The molecule has 0 bridgehead atoms. The van der Waals surface area contributed by atoms with Crippen molar-refractivity contribution in [2.24, 2.45) is 0 Å². The number of anilines is 3. The molecule has 3 heterocycles. The molecule has 3 aliphatic heterocycles. The molecule has 0 unspecified atom stereocenters. The van der Waals surface area contributed by atoms with Gasteiger partial charge >= 0.3 is 0 Å². The molecule has 4 heteroatoms. The van der Waals surface area contributed by atoms with Gasteiger partial charge in [0.1, 0.15) is 6.17 Å². The zero-order valence-corrected chi connectivity index (χ0v) is 17.8. The third kappa shape index (κ3) is 2.75. The van der Waals surface area contributed by atoms with Gasteiger partial charge in [0.2, 0.25) is 0 Å². The topological polar surface area (TPSA) is 33.5 Å². The van der Waals surface area contributed by atoms with Crippen molar-refractivity contribution in [3.63, 3.8) is 0 Å². The van der Waals surface area contributed by atoms with Gasteiger partial charge in [-0.05, 0) is 66.6 Å². The predicted octanol–water partition coefficient (Wildman–Crippen LogP) is 6.00. The van der Waals surface area contributed by atoms with Gasteiger partial charge in [-0.3, -0.25) is 0 Å². The van der Waals surface area contributed by atoms with Crippen molar-refractivity contribution in [1.29, 1.82) is 5.26 Å². The molecule has 0 N–H and O–H groups in total. The van der Waals surface area contributed by atoms with Crippen LogP contribution in [0.2, 0.25) is 0 Å². The molecule has 0 fully saturated rings. The summed E-state index contributed by atoms with van der Waals surface area (Å²) in [5.74, 6) is 0. The Morgan fingerprint density at radius 3 is 2.25 bits per heavy atom. The standard InChI is InChI=1S/C28H22N4/c1-20-27-17-23(22-13-11-21(18-29)12-14-22)15-16-30(27)19-28-31(20)25-9-5-6-10-26(25)32(28)24-7-3-2-4-8-24/h2-17,28H,19H2,1H3/t28-/m1/s1. The van der Waals surface area contributed by atoms with E-state index in [4.69, 9.17) is 5.26 Å².